The molecular formula is C13H28O. The lowest BCUT2D eigenvalue weighted by Crippen LogP contribution is -2.28. The molecule has 0 rings (SSSR count). The van der Waals surface area contributed by atoms with E-state index in [9.17, 15) is 5.11 Å². The van der Waals surface area contributed by atoms with Crippen molar-refractivity contribution < 1.29 is 5.11 Å². The number of rotatable bonds is 9. The highest BCUT2D eigenvalue weighted by Crippen LogP contribution is 2.26. The fourth-order valence-electron chi connectivity index (χ4n) is 2.05. The average molecular weight is 200 g/mol. The molecule has 0 aromatic rings. The molecule has 0 bridgehead atoms. The molecular weight excluding hydrogens is 172 g/mol. The molecule has 0 saturated carbocycles. The van der Waals surface area contributed by atoms with Crippen LogP contribution in [0.3, 0.4) is 0 Å². The van der Waals surface area contributed by atoms with Gasteiger partial charge in [0, 0.05) is 0 Å². The van der Waals surface area contributed by atoms with Gasteiger partial charge in [-0.1, -0.05) is 59.3 Å². The normalized spacial score (nSPS) is 15.4. The third kappa shape index (κ3) is 6.42. The molecule has 0 saturated heterocycles. The zero-order valence-corrected chi connectivity index (χ0v) is 10.3. The van der Waals surface area contributed by atoms with Crippen molar-refractivity contribution in [3.63, 3.8) is 0 Å². The Hall–Kier alpha value is -0.0400. The van der Waals surface area contributed by atoms with Gasteiger partial charge in [0.15, 0.2) is 0 Å². The second kappa shape index (κ2) is 8.28. The zero-order valence-electron chi connectivity index (χ0n) is 10.3. The molecule has 0 spiro atoms. The molecule has 1 N–H and O–H groups in total. The molecule has 1 nitrogen and oxygen atoms in total. The Morgan fingerprint density at radius 2 is 1.29 bits per heavy atom. The monoisotopic (exact) mass is 200 g/mol. The van der Waals surface area contributed by atoms with Gasteiger partial charge in [0.1, 0.15) is 0 Å². The summed E-state index contributed by atoms with van der Waals surface area (Å²) in [6.07, 6.45) is 10.2. The number of aliphatic hydroxyl groups is 1. The lowest BCUT2D eigenvalue weighted by atomic mass is 9.87. The molecule has 0 aromatic carbocycles. The van der Waals surface area contributed by atoms with E-state index in [1.165, 1.54) is 32.1 Å². The molecule has 0 amide bonds. The lowest BCUT2D eigenvalue weighted by molar-refractivity contribution is 0.00930. The molecule has 0 radical (unpaired) electrons. The summed E-state index contributed by atoms with van der Waals surface area (Å²) < 4.78 is 0. The van der Waals surface area contributed by atoms with Crippen LogP contribution in [-0.2, 0) is 0 Å². The Morgan fingerprint density at radius 1 is 0.714 bits per heavy atom. The molecule has 1 heteroatoms. The van der Waals surface area contributed by atoms with Crippen molar-refractivity contribution in [2.75, 3.05) is 0 Å². The average Bonchev–Trinajstić information content (AvgIpc) is 2.16. The Morgan fingerprint density at radius 3 is 1.79 bits per heavy atom. The van der Waals surface area contributed by atoms with Gasteiger partial charge >= 0.3 is 0 Å². The molecule has 1 unspecified atom stereocenters. The van der Waals surface area contributed by atoms with E-state index in [-0.39, 0.29) is 5.60 Å². The van der Waals surface area contributed by atoms with Crippen molar-refractivity contribution in [1.82, 2.24) is 0 Å². The summed E-state index contributed by atoms with van der Waals surface area (Å²) in [5, 5.41) is 10.4. The van der Waals surface area contributed by atoms with Crippen LogP contribution < -0.4 is 0 Å². The minimum atomic E-state index is -0.347. The Kier molecular flexibility index (Phi) is 8.26. The summed E-state index contributed by atoms with van der Waals surface area (Å²) in [5.74, 6) is 0. The lowest BCUT2D eigenvalue weighted by Gasteiger charge is -2.27. The largest absolute Gasteiger partial charge is 0.390 e. The maximum atomic E-state index is 10.4. The van der Waals surface area contributed by atoms with Gasteiger partial charge in [-0.15, -0.1) is 0 Å². The third-order valence-electron chi connectivity index (χ3n) is 2.96. The van der Waals surface area contributed by atoms with E-state index in [1.54, 1.807) is 0 Å². The maximum Gasteiger partial charge on any atom is 0.0647 e. The van der Waals surface area contributed by atoms with Gasteiger partial charge < -0.3 is 5.11 Å². The van der Waals surface area contributed by atoms with E-state index in [0.717, 1.165) is 25.7 Å². The summed E-state index contributed by atoms with van der Waals surface area (Å²) in [6, 6.07) is 0. The molecule has 14 heavy (non-hydrogen) atoms. The van der Waals surface area contributed by atoms with Crippen LogP contribution >= 0.6 is 0 Å². The fourth-order valence-corrected chi connectivity index (χ4v) is 2.05. The smallest absolute Gasteiger partial charge is 0.0647 e. The summed E-state index contributed by atoms with van der Waals surface area (Å²) in [5.41, 5.74) is -0.347. The summed E-state index contributed by atoms with van der Waals surface area (Å²) in [6.45, 7) is 6.57. The molecule has 0 aliphatic rings. The van der Waals surface area contributed by atoms with E-state index in [4.69, 9.17) is 0 Å². The summed E-state index contributed by atoms with van der Waals surface area (Å²) >= 11 is 0. The Labute approximate surface area is 89.9 Å². The standard InChI is InChI=1S/C13H28O/c1-4-7-9-12-13(14,10-6-3)11-8-5-2/h14H,4-12H2,1-3H3. The van der Waals surface area contributed by atoms with Gasteiger partial charge in [-0.3, -0.25) is 0 Å². The summed E-state index contributed by atoms with van der Waals surface area (Å²) in [7, 11) is 0. The predicted molar refractivity (Wildman–Crippen MR) is 63.5 cm³/mol. The molecule has 0 heterocycles. The first-order chi connectivity index (χ1) is 6.68. The molecule has 0 aromatic heterocycles. The molecule has 0 aliphatic carbocycles. The molecule has 1 atom stereocenters. The zero-order chi connectivity index (χ0) is 10.9. The Bertz CT molecular complexity index is 122. The second-order valence-corrected chi connectivity index (χ2v) is 4.54. The number of unbranched alkanes of at least 4 members (excludes halogenated alkanes) is 3. The molecule has 0 fully saturated rings. The van der Waals surface area contributed by atoms with Crippen molar-refractivity contribution in [3.05, 3.63) is 0 Å². The van der Waals surface area contributed by atoms with Crippen LogP contribution in [0.15, 0.2) is 0 Å². The van der Waals surface area contributed by atoms with Crippen LogP contribution in [0.25, 0.3) is 0 Å². The number of hydrogen-bond donors (Lipinski definition) is 1. The van der Waals surface area contributed by atoms with Crippen molar-refractivity contribution in [2.45, 2.75) is 84.2 Å². The summed E-state index contributed by atoms with van der Waals surface area (Å²) in [4.78, 5) is 0. The van der Waals surface area contributed by atoms with Gasteiger partial charge in [0.2, 0.25) is 0 Å². The predicted octanol–water partition coefficient (Wildman–Crippen LogP) is 4.29. The molecule has 0 aliphatic heterocycles. The van der Waals surface area contributed by atoms with Crippen LogP contribution in [0.1, 0.15) is 78.6 Å². The van der Waals surface area contributed by atoms with Gasteiger partial charge in [-0.2, -0.15) is 0 Å². The van der Waals surface area contributed by atoms with Crippen LogP contribution in [0.4, 0.5) is 0 Å². The van der Waals surface area contributed by atoms with Crippen LogP contribution in [0.2, 0.25) is 0 Å². The quantitative estimate of drug-likeness (QED) is 0.550. The van der Waals surface area contributed by atoms with Crippen molar-refractivity contribution in [3.8, 4) is 0 Å². The van der Waals surface area contributed by atoms with Crippen molar-refractivity contribution >= 4 is 0 Å². The van der Waals surface area contributed by atoms with E-state index >= 15 is 0 Å². The SMILES string of the molecule is CCCCCC(O)(CCC)CCCC. The second-order valence-electron chi connectivity index (χ2n) is 4.54. The Balaban J connectivity index is 3.82. The van der Waals surface area contributed by atoms with Gasteiger partial charge in [-0.05, 0) is 19.3 Å². The first-order valence-electron chi connectivity index (χ1n) is 6.41. The van der Waals surface area contributed by atoms with E-state index < -0.39 is 0 Å². The van der Waals surface area contributed by atoms with E-state index in [1.807, 2.05) is 0 Å². The van der Waals surface area contributed by atoms with Crippen LogP contribution in [0.5, 0.6) is 0 Å². The van der Waals surface area contributed by atoms with Crippen LogP contribution in [-0.4, -0.2) is 10.7 Å². The maximum absolute atomic E-state index is 10.4. The molecule has 86 valence electrons. The highest BCUT2D eigenvalue weighted by atomic mass is 16.3. The fraction of sp³-hybridized carbons (Fsp3) is 1.00. The van der Waals surface area contributed by atoms with E-state index in [2.05, 4.69) is 20.8 Å². The highest BCUT2D eigenvalue weighted by Gasteiger charge is 2.23. The van der Waals surface area contributed by atoms with Crippen LogP contribution in [0, 0.1) is 0 Å². The number of hydrogen-bond acceptors (Lipinski definition) is 1. The highest BCUT2D eigenvalue weighted by molar-refractivity contribution is 4.77. The minimum absolute atomic E-state index is 0.347. The van der Waals surface area contributed by atoms with E-state index in [0.29, 0.717) is 0 Å². The van der Waals surface area contributed by atoms with Crippen molar-refractivity contribution in [1.29, 1.82) is 0 Å². The topological polar surface area (TPSA) is 20.2 Å². The first kappa shape index (κ1) is 14.0. The van der Waals surface area contributed by atoms with Gasteiger partial charge in [0.05, 0.1) is 5.60 Å². The first-order valence-corrected chi connectivity index (χ1v) is 6.41. The minimum Gasteiger partial charge on any atom is -0.390 e. The third-order valence-corrected chi connectivity index (χ3v) is 2.96. The van der Waals surface area contributed by atoms with Gasteiger partial charge in [0.25, 0.3) is 0 Å². The van der Waals surface area contributed by atoms with Gasteiger partial charge in [-0.25, -0.2) is 0 Å². The van der Waals surface area contributed by atoms with Crippen molar-refractivity contribution in [2.24, 2.45) is 0 Å².